The fourth-order valence-corrected chi connectivity index (χ4v) is 4.88. The van der Waals surface area contributed by atoms with Crippen LogP contribution in [-0.2, 0) is 22.1 Å². The SMILES string of the molecule is O=C(CCCc1cccc(C(F)(F)F)c1)C1[C@H]2CN(C3CCCOC3)C[C@@H]12. The van der Waals surface area contributed by atoms with Crippen molar-refractivity contribution in [1.82, 2.24) is 4.90 Å². The van der Waals surface area contributed by atoms with Crippen molar-refractivity contribution in [3.05, 3.63) is 35.4 Å². The summed E-state index contributed by atoms with van der Waals surface area (Å²) >= 11 is 0. The molecule has 1 aromatic carbocycles. The van der Waals surface area contributed by atoms with Gasteiger partial charge in [-0.05, 0) is 49.1 Å². The van der Waals surface area contributed by atoms with Gasteiger partial charge in [0.05, 0.1) is 12.2 Å². The second-order valence-corrected chi connectivity index (χ2v) is 8.20. The summed E-state index contributed by atoms with van der Waals surface area (Å²) < 4.78 is 43.9. The standard InChI is InChI=1S/C21H26F3NO2/c22-21(23,24)15-6-1-4-14(10-15)5-2-8-19(26)20-17-11-25(12-18(17)20)16-7-3-9-27-13-16/h1,4,6,10,16-18,20H,2-3,5,7-9,11-13H2/t16?,17-,18+,20?. The number of ketones is 1. The van der Waals surface area contributed by atoms with Gasteiger partial charge >= 0.3 is 6.18 Å². The number of ether oxygens (including phenoxy) is 1. The average Bonchev–Trinajstić information content (AvgIpc) is 3.16. The molecule has 3 fully saturated rings. The fraction of sp³-hybridized carbons (Fsp3) is 0.667. The third kappa shape index (κ3) is 4.21. The Morgan fingerprint density at radius 1 is 1.22 bits per heavy atom. The van der Waals surface area contributed by atoms with Gasteiger partial charge in [0.1, 0.15) is 5.78 Å². The van der Waals surface area contributed by atoms with Gasteiger partial charge in [-0.15, -0.1) is 0 Å². The van der Waals surface area contributed by atoms with Crippen molar-refractivity contribution >= 4 is 5.78 Å². The number of carbonyl (C=O) groups is 1. The molecule has 4 rings (SSSR count). The number of hydrogen-bond acceptors (Lipinski definition) is 3. The summed E-state index contributed by atoms with van der Waals surface area (Å²) in [6.07, 6.45) is -0.393. The Kier molecular flexibility index (Phi) is 5.30. The summed E-state index contributed by atoms with van der Waals surface area (Å²) in [6, 6.07) is 5.94. The van der Waals surface area contributed by atoms with Crippen molar-refractivity contribution in [2.45, 2.75) is 44.3 Å². The summed E-state index contributed by atoms with van der Waals surface area (Å²) in [5.41, 5.74) is 0.0342. The first kappa shape index (κ1) is 18.9. The molecule has 3 aliphatic rings. The van der Waals surface area contributed by atoms with E-state index >= 15 is 0 Å². The molecule has 0 N–H and O–H groups in total. The maximum Gasteiger partial charge on any atom is 0.416 e. The Bertz CT molecular complexity index is 672. The zero-order valence-corrected chi connectivity index (χ0v) is 15.4. The lowest BCUT2D eigenvalue weighted by molar-refractivity contribution is -0.137. The first-order valence-electron chi connectivity index (χ1n) is 9.94. The highest BCUT2D eigenvalue weighted by molar-refractivity contribution is 5.84. The Hall–Kier alpha value is -1.40. The number of likely N-dealkylation sites (tertiary alicyclic amines) is 1. The van der Waals surface area contributed by atoms with Crippen LogP contribution in [0.2, 0.25) is 0 Å². The Morgan fingerprint density at radius 2 is 2.00 bits per heavy atom. The molecule has 1 aromatic rings. The van der Waals surface area contributed by atoms with Crippen LogP contribution in [0.25, 0.3) is 0 Å². The van der Waals surface area contributed by atoms with Gasteiger partial charge in [-0.2, -0.15) is 13.2 Å². The van der Waals surface area contributed by atoms with Crippen molar-refractivity contribution in [3.63, 3.8) is 0 Å². The van der Waals surface area contributed by atoms with Crippen molar-refractivity contribution in [1.29, 1.82) is 0 Å². The molecule has 1 aliphatic carbocycles. The maximum absolute atomic E-state index is 12.8. The van der Waals surface area contributed by atoms with E-state index in [1.54, 1.807) is 6.07 Å². The predicted molar refractivity (Wildman–Crippen MR) is 95.3 cm³/mol. The molecule has 0 amide bonds. The molecular formula is C21H26F3NO2. The Morgan fingerprint density at radius 3 is 2.67 bits per heavy atom. The Labute approximate surface area is 157 Å². The molecule has 1 saturated carbocycles. The van der Waals surface area contributed by atoms with Crippen molar-refractivity contribution in [2.24, 2.45) is 17.8 Å². The van der Waals surface area contributed by atoms with Gasteiger partial charge in [0.25, 0.3) is 0 Å². The summed E-state index contributed by atoms with van der Waals surface area (Å²) in [5.74, 6) is 1.48. The topological polar surface area (TPSA) is 29.5 Å². The summed E-state index contributed by atoms with van der Waals surface area (Å²) in [4.78, 5) is 15.0. The molecule has 2 unspecified atom stereocenters. The molecular weight excluding hydrogens is 355 g/mol. The van der Waals surface area contributed by atoms with Crippen LogP contribution in [0.15, 0.2) is 24.3 Å². The van der Waals surface area contributed by atoms with E-state index in [4.69, 9.17) is 4.74 Å². The van der Waals surface area contributed by atoms with Gasteiger partial charge in [-0.1, -0.05) is 18.2 Å². The average molecular weight is 381 g/mol. The molecule has 148 valence electrons. The van der Waals surface area contributed by atoms with Crippen molar-refractivity contribution in [2.75, 3.05) is 26.3 Å². The van der Waals surface area contributed by atoms with Crippen molar-refractivity contribution in [3.8, 4) is 0 Å². The normalized spacial score (nSPS) is 30.9. The maximum atomic E-state index is 12.8. The molecule has 4 atom stereocenters. The fourth-order valence-electron chi connectivity index (χ4n) is 4.88. The van der Waals surface area contributed by atoms with Gasteiger partial charge in [-0.25, -0.2) is 0 Å². The molecule has 0 bridgehead atoms. The number of aryl methyl sites for hydroxylation is 1. The largest absolute Gasteiger partial charge is 0.416 e. The van der Waals surface area contributed by atoms with Gasteiger partial charge in [0.2, 0.25) is 0 Å². The highest BCUT2D eigenvalue weighted by Crippen LogP contribution is 2.53. The van der Waals surface area contributed by atoms with E-state index in [1.807, 2.05) is 0 Å². The number of Topliss-reactive ketones (excluding diaryl/α,β-unsaturated/α-hetero) is 1. The van der Waals surface area contributed by atoms with Crippen LogP contribution in [0.4, 0.5) is 13.2 Å². The van der Waals surface area contributed by atoms with Gasteiger partial charge in [0.15, 0.2) is 0 Å². The second-order valence-electron chi connectivity index (χ2n) is 8.20. The monoisotopic (exact) mass is 381 g/mol. The van der Waals surface area contributed by atoms with Crippen LogP contribution in [0.5, 0.6) is 0 Å². The zero-order chi connectivity index (χ0) is 19.0. The molecule has 0 spiro atoms. The minimum Gasteiger partial charge on any atom is -0.380 e. The quantitative estimate of drug-likeness (QED) is 0.747. The molecule has 2 heterocycles. The van der Waals surface area contributed by atoms with Crippen molar-refractivity contribution < 1.29 is 22.7 Å². The van der Waals surface area contributed by atoms with Gasteiger partial charge in [0, 0.05) is 38.1 Å². The smallest absolute Gasteiger partial charge is 0.380 e. The van der Waals surface area contributed by atoms with Crippen LogP contribution in [0, 0.1) is 17.8 Å². The van der Waals surface area contributed by atoms with Crippen LogP contribution < -0.4 is 0 Å². The van der Waals surface area contributed by atoms with Crippen LogP contribution >= 0.6 is 0 Å². The van der Waals surface area contributed by atoms with Crippen LogP contribution in [0.3, 0.4) is 0 Å². The van der Waals surface area contributed by atoms with Crippen LogP contribution in [0.1, 0.15) is 36.8 Å². The first-order valence-corrected chi connectivity index (χ1v) is 9.94. The van der Waals surface area contributed by atoms with E-state index < -0.39 is 11.7 Å². The first-order chi connectivity index (χ1) is 12.9. The van der Waals surface area contributed by atoms with E-state index in [2.05, 4.69) is 4.90 Å². The molecule has 2 saturated heterocycles. The predicted octanol–water partition coefficient (Wildman–Crippen LogP) is 3.95. The minimum absolute atomic E-state index is 0.187. The number of nitrogens with zero attached hydrogens (tertiary/aromatic N) is 1. The van der Waals surface area contributed by atoms with Gasteiger partial charge in [-0.3, -0.25) is 9.69 Å². The van der Waals surface area contributed by atoms with Crippen LogP contribution in [-0.4, -0.2) is 43.0 Å². The molecule has 2 aliphatic heterocycles. The van der Waals surface area contributed by atoms with E-state index in [0.29, 0.717) is 48.5 Å². The lowest BCUT2D eigenvalue weighted by Crippen LogP contribution is -2.41. The highest BCUT2D eigenvalue weighted by atomic mass is 19.4. The number of halogens is 3. The molecule has 0 aromatic heterocycles. The number of carbonyl (C=O) groups excluding carboxylic acids is 1. The molecule has 27 heavy (non-hydrogen) atoms. The second kappa shape index (κ2) is 7.55. The molecule has 0 radical (unpaired) electrons. The van der Waals surface area contributed by atoms with Gasteiger partial charge < -0.3 is 4.74 Å². The zero-order valence-electron chi connectivity index (χ0n) is 15.4. The number of rotatable bonds is 6. The number of hydrogen-bond donors (Lipinski definition) is 0. The van der Waals surface area contributed by atoms with E-state index in [-0.39, 0.29) is 5.92 Å². The number of fused-ring (bicyclic) bond motifs is 1. The summed E-state index contributed by atoms with van der Waals surface area (Å²) in [6.45, 7) is 3.69. The number of piperidine rings is 1. The highest BCUT2D eigenvalue weighted by Gasteiger charge is 2.59. The minimum atomic E-state index is -4.31. The summed E-state index contributed by atoms with van der Waals surface area (Å²) in [5, 5.41) is 0. The lowest BCUT2D eigenvalue weighted by Gasteiger charge is -2.32. The molecule has 6 heteroatoms. The van der Waals surface area contributed by atoms with E-state index in [9.17, 15) is 18.0 Å². The van der Waals surface area contributed by atoms with E-state index in [0.717, 1.165) is 38.8 Å². The van der Waals surface area contributed by atoms with E-state index in [1.165, 1.54) is 18.6 Å². The summed E-state index contributed by atoms with van der Waals surface area (Å²) in [7, 11) is 0. The third-order valence-electron chi connectivity index (χ3n) is 6.39. The third-order valence-corrected chi connectivity index (χ3v) is 6.39. The number of alkyl halides is 3. The Balaban J connectivity index is 1.21. The molecule has 3 nitrogen and oxygen atoms in total. The number of benzene rings is 1. The lowest BCUT2D eigenvalue weighted by atomic mass is 10.0.